The van der Waals surface area contributed by atoms with Gasteiger partial charge in [-0.1, -0.05) is 34.1 Å². The molecule has 0 unspecified atom stereocenters. The zero-order valence-electron chi connectivity index (χ0n) is 10.1. The standard InChI is InChI=1S/C14H13BrN2O2/c15-10-5-6-12(11(16)8-10)17-14(19)7-9-3-1-2-4-13(9)18/h1-6,8,18H,7,16H2,(H,17,19). The van der Waals surface area contributed by atoms with Crippen LogP contribution in [0.15, 0.2) is 46.9 Å². The molecular weight excluding hydrogens is 308 g/mol. The number of hydrogen-bond acceptors (Lipinski definition) is 3. The first-order valence-electron chi connectivity index (χ1n) is 5.68. The molecule has 0 aliphatic heterocycles. The summed E-state index contributed by atoms with van der Waals surface area (Å²) < 4.78 is 0.851. The minimum absolute atomic E-state index is 0.0994. The Hall–Kier alpha value is -2.01. The van der Waals surface area contributed by atoms with E-state index >= 15 is 0 Å². The number of carbonyl (C=O) groups is 1. The van der Waals surface area contributed by atoms with Gasteiger partial charge in [0.05, 0.1) is 17.8 Å². The molecule has 0 bridgehead atoms. The summed E-state index contributed by atoms with van der Waals surface area (Å²) in [6.07, 6.45) is 0.0994. The fraction of sp³-hybridized carbons (Fsp3) is 0.0714. The van der Waals surface area contributed by atoms with Crippen molar-refractivity contribution in [1.82, 2.24) is 0 Å². The summed E-state index contributed by atoms with van der Waals surface area (Å²) in [7, 11) is 0. The number of rotatable bonds is 3. The number of anilines is 2. The molecule has 0 radical (unpaired) electrons. The highest BCUT2D eigenvalue weighted by atomic mass is 79.9. The zero-order chi connectivity index (χ0) is 13.8. The van der Waals surface area contributed by atoms with Crippen LogP contribution >= 0.6 is 15.9 Å². The summed E-state index contributed by atoms with van der Waals surface area (Å²) in [6, 6.07) is 12.0. The van der Waals surface area contributed by atoms with Crippen molar-refractivity contribution in [2.24, 2.45) is 0 Å². The second-order valence-electron chi connectivity index (χ2n) is 4.09. The molecule has 0 aromatic heterocycles. The lowest BCUT2D eigenvalue weighted by molar-refractivity contribution is -0.115. The van der Waals surface area contributed by atoms with Crippen LogP contribution in [0.3, 0.4) is 0 Å². The van der Waals surface area contributed by atoms with Gasteiger partial charge in [0, 0.05) is 10.0 Å². The topological polar surface area (TPSA) is 75.3 Å². The van der Waals surface area contributed by atoms with E-state index in [1.165, 1.54) is 0 Å². The number of aromatic hydroxyl groups is 1. The predicted octanol–water partition coefficient (Wildman–Crippen LogP) is 2.92. The number of nitrogens with one attached hydrogen (secondary N) is 1. The minimum atomic E-state index is -0.226. The average molecular weight is 321 g/mol. The Morgan fingerprint density at radius 1 is 1.26 bits per heavy atom. The lowest BCUT2D eigenvalue weighted by Gasteiger charge is -2.09. The van der Waals surface area contributed by atoms with Crippen LogP contribution in [0.5, 0.6) is 5.75 Å². The van der Waals surface area contributed by atoms with Crippen LogP contribution in [0.1, 0.15) is 5.56 Å². The summed E-state index contributed by atoms with van der Waals surface area (Å²) in [4.78, 5) is 11.9. The molecule has 4 nitrogen and oxygen atoms in total. The number of amides is 1. The summed E-state index contributed by atoms with van der Waals surface area (Å²) in [6.45, 7) is 0. The molecule has 4 N–H and O–H groups in total. The van der Waals surface area contributed by atoms with Gasteiger partial charge in [-0.05, 0) is 24.3 Å². The molecule has 0 atom stereocenters. The van der Waals surface area contributed by atoms with Crippen molar-refractivity contribution in [1.29, 1.82) is 0 Å². The van der Waals surface area contributed by atoms with E-state index in [9.17, 15) is 9.90 Å². The number of phenols is 1. The highest BCUT2D eigenvalue weighted by molar-refractivity contribution is 9.10. The summed E-state index contributed by atoms with van der Waals surface area (Å²) in [5.74, 6) is -0.114. The van der Waals surface area contributed by atoms with Crippen molar-refractivity contribution in [3.05, 3.63) is 52.5 Å². The Balaban J connectivity index is 2.08. The van der Waals surface area contributed by atoms with Gasteiger partial charge in [0.15, 0.2) is 0 Å². The SMILES string of the molecule is Nc1cc(Br)ccc1NC(=O)Cc1ccccc1O. The van der Waals surface area contributed by atoms with Gasteiger partial charge in [-0.25, -0.2) is 0 Å². The van der Waals surface area contributed by atoms with E-state index in [1.54, 1.807) is 42.5 Å². The van der Waals surface area contributed by atoms with Crippen LogP contribution in [0.2, 0.25) is 0 Å². The molecule has 0 saturated carbocycles. The lowest BCUT2D eigenvalue weighted by Crippen LogP contribution is -2.15. The third-order valence-corrected chi connectivity index (χ3v) is 3.12. The highest BCUT2D eigenvalue weighted by Gasteiger charge is 2.09. The molecule has 98 valence electrons. The molecule has 5 heteroatoms. The van der Waals surface area contributed by atoms with E-state index in [0.717, 1.165) is 4.47 Å². The number of benzene rings is 2. The monoisotopic (exact) mass is 320 g/mol. The third-order valence-electron chi connectivity index (χ3n) is 2.63. The summed E-state index contributed by atoms with van der Waals surface area (Å²) >= 11 is 3.30. The number of nitrogens with two attached hydrogens (primary N) is 1. The number of carbonyl (C=O) groups excluding carboxylic acids is 1. The van der Waals surface area contributed by atoms with Crippen LogP contribution in [0.4, 0.5) is 11.4 Å². The van der Waals surface area contributed by atoms with Gasteiger partial charge in [0.1, 0.15) is 5.75 Å². The number of nitrogen functional groups attached to an aromatic ring is 1. The molecule has 0 spiro atoms. The quantitative estimate of drug-likeness (QED) is 0.761. The van der Waals surface area contributed by atoms with Crippen LogP contribution in [0.25, 0.3) is 0 Å². The van der Waals surface area contributed by atoms with Gasteiger partial charge in [0.2, 0.25) is 5.91 Å². The second-order valence-corrected chi connectivity index (χ2v) is 5.00. The van der Waals surface area contributed by atoms with Crippen LogP contribution in [-0.2, 0) is 11.2 Å². The second kappa shape index (κ2) is 5.75. The van der Waals surface area contributed by atoms with Crippen LogP contribution in [0, 0.1) is 0 Å². The maximum Gasteiger partial charge on any atom is 0.228 e. The molecule has 19 heavy (non-hydrogen) atoms. The van der Waals surface area contributed by atoms with Gasteiger partial charge in [-0.3, -0.25) is 4.79 Å². The molecule has 2 rings (SSSR count). The predicted molar refractivity (Wildman–Crippen MR) is 79.0 cm³/mol. The fourth-order valence-corrected chi connectivity index (χ4v) is 2.05. The first kappa shape index (κ1) is 13.4. The maximum absolute atomic E-state index is 11.9. The van der Waals surface area contributed by atoms with Crippen molar-refractivity contribution >= 4 is 33.2 Å². The molecule has 2 aromatic rings. The largest absolute Gasteiger partial charge is 0.508 e. The van der Waals surface area contributed by atoms with E-state index in [0.29, 0.717) is 16.9 Å². The van der Waals surface area contributed by atoms with Gasteiger partial charge in [0.25, 0.3) is 0 Å². The molecule has 0 fully saturated rings. The fourth-order valence-electron chi connectivity index (χ4n) is 1.68. The highest BCUT2D eigenvalue weighted by Crippen LogP contribution is 2.23. The third kappa shape index (κ3) is 3.48. The molecular formula is C14H13BrN2O2. The zero-order valence-corrected chi connectivity index (χ0v) is 11.6. The lowest BCUT2D eigenvalue weighted by atomic mass is 10.1. The Morgan fingerprint density at radius 3 is 2.68 bits per heavy atom. The average Bonchev–Trinajstić information content (AvgIpc) is 2.36. The summed E-state index contributed by atoms with van der Waals surface area (Å²) in [5, 5.41) is 12.3. The molecule has 2 aromatic carbocycles. The van der Waals surface area contributed by atoms with Gasteiger partial charge < -0.3 is 16.2 Å². The van der Waals surface area contributed by atoms with Gasteiger partial charge in [-0.15, -0.1) is 0 Å². The molecule has 0 saturated heterocycles. The van der Waals surface area contributed by atoms with Crippen molar-refractivity contribution < 1.29 is 9.90 Å². The van der Waals surface area contributed by atoms with Crippen LogP contribution < -0.4 is 11.1 Å². The van der Waals surface area contributed by atoms with Crippen molar-refractivity contribution in [3.63, 3.8) is 0 Å². The van der Waals surface area contributed by atoms with Gasteiger partial charge in [-0.2, -0.15) is 0 Å². The Bertz CT molecular complexity index is 614. The Labute approximate surface area is 119 Å². The van der Waals surface area contributed by atoms with Crippen molar-refractivity contribution in [2.45, 2.75) is 6.42 Å². The summed E-state index contributed by atoms with van der Waals surface area (Å²) in [5.41, 5.74) is 7.42. The van der Waals surface area contributed by atoms with E-state index in [1.807, 2.05) is 0 Å². The van der Waals surface area contributed by atoms with E-state index in [-0.39, 0.29) is 18.1 Å². The smallest absolute Gasteiger partial charge is 0.228 e. The molecule has 0 heterocycles. The molecule has 0 aliphatic rings. The maximum atomic E-state index is 11.9. The van der Waals surface area contributed by atoms with E-state index in [2.05, 4.69) is 21.2 Å². The molecule has 0 aliphatic carbocycles. The van der Waals surface area contributed by atoms with Gasteiger partial charge >= 0.3 is 0 Å². The van der Waals surface area contributed by atoms with E-state index < -0.39 is 0 Å². The number of halogens is 1. The number of hydrogen-bond donors (Lipinski definition) is 3. The van der Waals surface area contributed by atoms with Crippen molar-refractivity contribution in [2.75, 3.05) is 11.1 Å². The van der Waals surface area contributed by atoms with E-state index in [4.69, 9.17) is 5.73 Å². The molecule has 1 amide bonds. The first-order chi connectivity index (χ1) is 9.06. The van der Waals surface area contributed by atoms with Crippen molar-refractivity contribution in [3.8, 4) is 5.75 Å². The Morgan fingerprint density at radius 2 is 2.00 bits per heavy atom. The number of para-hydroxylation sites is 1. The van der Waals surface area contributed by atoms with Crippen LogP contribution in [-0.4, -0.2) is 11.0 Å². The first-order valence-corrected chi connectivity index (χ1v) is 6.47. The Kier molecular flexibility index (Phi) is 4.06. The number of phenolic OH excluding ortho intramolecular Hbond substituents is 1. The minimum Gasteiger partial charge on any atom is -0.508 e. The normalized spacial score (nSPS) is 10.2.